The lowest BCUT2D eigenvalue weighted by molar-refractivity contribution is 0.615. The van der Waals surface area contributed by atoms with E-state index in [2.05, 4.69) is 15.9 Å². The highest BCUT2D eigenvalue weighted by molar-refractivity contribution is 9.09. The number of hydrogen-bond donors (Lipinski definition) is 0. The summed E-state index contributed by atoms with van der Waals surface area (Å²) in [4.78, 5) is -0.269. The maximum atomic E-state index is 13.6. The lowest BCUT2D eigenvalue weighted by Gasteiger charge is -2.14. The molecule has 0 nitrogen and oxygen atoms in total. The molecule has 4 heteroatoms. The summed E-state index contributed by atoms with van der Waals surface area (Å²) in [6, 6.07) is 7.96. The first-order valence-corrected chi connectivity index (χ1v) is 7.05. The molecular weight excluding hydrogens is 334 g/mol. The highest BCUT2D eigenvalue weighted by Crippen LogP contribution is 2.36. The zero-order valence-corrected chi connectivity index (χ0v) is 12.8. The van der Waals surface area contributed by atoms with Crippen molar-refractivity contribution in [3.05, 3.63) is 69.2 Å². The first kappa shape index (κ1) is 14.5. The maximum Gasteiger partial charge on any atom is 0.127 e. The van der Waals surface area contributed by atoms with Crippen molar-refractivity contribution < 1.29 is 8.78 Å². The van der Waals surface area contributed by atoms with Crippen LogP contribution < -0.4 is 0 Å². The monoisotopic (exact) mass is 344 g/mol. The van der Waals surface area contributed by atoms with E-state index in [-0.39, 0.29) is 16.5 Å². The van der Waals surface area contributed by atoms with Crippen molar-refractivity contribution in [1.29, 1.82) is 0 Å². The van der Waals surface area contributed by atoms with Gasteiger partial charge in [-0.05, 0) is 48.2 Å². The Morgan fingerprint density at radius 1 is 1.00 bits per heavy atom. The molecule has 2 rings (SSSR count). The fourth-order valence-electron chi connectivity index (χ4n) is 1.82. The predicted octanol–water partition coefficient (Wildman–Crippen LogP) is 5.72. The fourth-order valence-corrected chi connectivity index (χ4v) is 2.87. The van der Waals surface area contributed by atoms with Crippen molar-refractivity contribution in [2.24, 2.45) is 0 Å². The molecule has 2 aromatic rings. The Bertz CT molecular complexity index is 626. The van der Waals surface area contributed by atoms with Crippen LogP contribution in [0.2, 0.25) is 5.02 Å². The molecule has 0 aliphatic carbocycles. The molecule has 0 fully saturated rings. The minimum atomic E-state index is -0.344. The zero-order chi connectivity index (χ0) is 14.2. The summed E-state index contributed by atoms with van der Waals surface area (Å²) in [6.45, 7) is 3.38. The van der Waals surface area contributed by atoms with Gasteiger partial charge in [0.15, 0.2) is 0 Å². The molecule has 100 valence electrons. The lowest BCUT2D eigenvalue weighted by atomic mass is 10.0. The summed E-state index contributed by atoms with van der Waals surface area (Å²) in [5.41, 5.74) is 2.57. The van der Waals surface area contributed by atoms with Gasteiger partial charge in [-0.25, -0.2) is 8.78 Å². The van der Waals surface area contributed by atoms with E-state index < -0.39 is 0 Å². The molecule has 0 aliphatic rings. The highest BCUT2D eigenvalue weighted by Gasteiger charge is 2.16. The van der Waals surface area contributed by atoms with E-state index in [1.165, 1.54) is 12.1 Å². The van der Waals surface area contributed by atoms with Crippen LogP contribution in [0.3, 0.4) is 0 Å². The molecule has 0 saturated carbocycles. The second-order valence-corrected chi connectivity index (χ2v) is 5.82. The van der Waals surface area contributed by atoms with Gasteiger partial charge in [0.1, 0.15) is 11.6 Å². The third-order valence-corrected chi connectivity index (χ3v) is 4.39. The van der Waals surface area contributed by atoms with Crippen LogP contribution in [0.1, 0.15) is 27.1 Å². The van der Waals surface area contributed by atoms with Crippen molar-refractivity contribution in [3.8, 4) is 0 Å². The number of aryl methyl sites for hydroxylation is 2. The van der Waals surface area contributed by atoms with Crippen LogP contribution in [0, 0.1) is 25.5 Å². The molecule has 0 heterocycles. The normalized spacial score (nSPS) is 12.5. The van der Waals surface area contributed by atoms with Crippen LogP contribution in [-0.4, -0.2) is 0 Å². The number of rotatable bonds is 2. The van der Waals surface area contributed by atoms with Crippen LogP contribution in [-0.2, 0) is 0 Å². The van der Waals surface area contributed by atoms with Gasteiger partial charge in [-0.1, -0.05) is 45.7 Å². The molecular formula is C15H12BrClF2. The minimum absolute atomic E-state index is 0.267. The van der Waals surface area contributed by atoms with Crippen molar-refractivity contribution in [2.75, 3.05) is 0 Å². The summed E-state index contributed by atoms with van der Waals surface area (Å²) >= 11 is 9.54. The van der Waals surface area contributed by atoms with Crippen molar-refractivity contribution >= 4 is 27.5 Å². The van der Waals surface area contributed by atoms with Gasteiger partial charge in [0.2, 0.25) is 0 Å². The van der Waals surface area contributed by atoms with Crippen LogP contribution in [0.4, 0.5) is 8.78 Å². The second kappa shape index (κ2) is 5.59. The SMILES string of the molecule is Cc1ccc(C(Br)c2cc(C)c(F)cc2Cl)cc1F. The van der Waals surface area contributed by atoms with E-state index >= 15 is 0 Å². The predicted molar refractivity (Wildman–Crippen MR) is 78.1 cm³/mol. The van der Waals surface area contributed by atoms with Crippen LogP contribution >= 0.6 is 27.5 Å². The first-order chi connectivity index (χ1) is 8.90. The summed E-state index contributed by atoms with van der Waals surface area (Å²) < 4.78 is 27.0. The van der Waals surface area contributed by atoms with Gasteiger partial charge in [-0.15, -0.1) is 0 Å². The van der Waals surface area contributed by atoms with Crippen molar-refractivity contribution in [1.82, 2.24) is 0 Å². The van der Waals surface area contributed by atoms with E-state index in [1.807, 2.05) is 6.07 Å². The van der Waals surface area contributed by atoms with Gasteiger partial charge >= 0.3 is 0 Å². The van der Waals surface area contributed by atoms with E-state index in [1.54, 1.807) is 26.0 Å². The summed E-state index contributed by atoms with van der Waals surface area (Å²) in [7, 11) is 0. The lowest BCUT2D eigenvalue weighted by Crippen LogP contribution is -1.98. The topological polar surface area (TPSA) is 0 Å². The van der Waals surface area contributed by atoms with Crippen molar-refractivity contribution in [2.45, 2.75) is 18.7 Å². The number of alkyl halides is 1. The Morgan fingerprint density at radius 3 is 2.26 bits per heavy atom. The zero-order valence-electron chi connectivity index (χ0n) is 10.5. The first-order valence-electron chi connectivity index (χ1n) is 5.76. The molecule has 0 saturated heterocycles. The summed E-state index contributed by atoms with van der Waals surface area (Å²) in [5.74, 6) is -0.611. The Labute approximate surface area is 124 Å². The van der Waals surface area contributed by atoms with Crippen molar-refractivity contribution in [3.63, 3.8) is 0 Å². The third-order valence-electron chi connectivity index (χ3n) is 3.04. The van der Waals surface area contributed by atoms with Gasteiger partial charge in [-0.2, -0.15) is 0 Å². The standard InChI is InChI=1S/C15H12BrClF2/c1-8-3-4-10(6-13(8)18)15(16)11-5-9(2)14(19)7-12(11)17/h3-7,15H,1-2H3. The number of halogens is 4. The van der Waals surface area contributed by atoms with Crippen LogP contribution in [0.15, 0.2) is 30.3 Å². The molecule has 1 unspecified atom stereocenters. The molecule has 0 aromatic heterocycles. The van der Waals surface area contributed by atoms with Crippen LogP contribution in [0.5, 0.6) is 0 Å². The summed E-state index contributed by atoms with van der Waals surface area (Å²) in [5, 5.41) is 0.325. The smallest absolute Gasteiger partial charge is 0.127 e. The molecule has 1 atom stereocenters. The quantitative estimate of drug-likeness (QED) is 0.611. The molecule has 0 radical (unpaired) electrons. The van der Waals surface area contributed by atoms with Gasteiger partial charge in [0, 0.05) is 5.02 Å². The molecule has 19 heavy (non-hydrogen) atoms. The van der Waals surface area contributed by atoms with E-state index in [0.29, 0.717) is 16.1 Å². The van der Waals surface area contributed by atoms with Gasteiger partial charge in [-0.3, -0.25) is 0 Å². The molecule has 2 aromatic carbocycles. The Hall–Kier alpha value is -0.930. The maximum absolute atomic E-state index is 13.6. The Kier molecular flexibility index (Phi) is 4.26. The molecule has 0 spiro atoms. The average molecular weight is 346 g/mol. The largest absolute Gasteiger partial charge is 0.207 e. The highest BCUT2D eigenvalue weighted by atomic mass is 79.9. The second-order valence-electron chi connectivity index (χ2n) is 4.49. The van der Waals surface area contributed by atoms with E-state index in [0.717, 1.165) is 11.1 Å². The minimum Gasteiger partial charge on any atom is -0.207 e. The number of benzene rings is 2. The Balaban J connectivity index is 2.46. The Morgan fingerprint density at radius 2 is 1.63 bits per heavy atom. The van der Waals surface area contributed by atoms with Gasteiger partial charge in [0.05, 0.1) is 4.83 Å². The number of hydrogen-bond acceptors (Lipinski definition) is 0. The van der Waals surface area contributed by atoms with Crippen LogP contribution in [0.25, 0.3) is 0 Å². The van der Waals surface area contributed by atoms with E-state index in [4.69, 9.17) is 11.6 Å². The summed E-state index contributed by atoms with van der Waals surface area (Å²) in [6.07, 6.45) is 0. The molecule has 0 N–H and O–H groups in total. The van der Waals surface area contributed by atoms with Gasteiger partial charge < -0.3 is 0 Å². The van der Waals surface area contributed by atoms with E-state index in [9.17, 15) is 8.78 Å². The fraction of sp³-hybridized carbons (Fsp3) is 0.200. The molecule has 0 amide bonds. The van der Waals surface area contributed by atoms with Gasteiger partial charge in [0.25, 0.3) is 0 Å². The average Bonchev–Trinajstić information content (AvgIpc) is 2.36. The third kappa shape index (κ3) is 2.98. The molecule has 0 bridgehead atoms. The molecule has 0 aliphatic heterocycles.